The van der Waals surface area contributed by atoms with Gasteiger partial charge in [0.25, 0.3) is 10.2 Å². The number of nitrogens with one attached hydrogen (secondary N) is 2. The Hall–Kier alpha value is -0.210. The van der Waals surface area contributed by atoms with Crippen LogP contribution in [0.3, 0.4) is 0 Å². The predicted octanol–water partition coefficient (Wildman–Crippen LogP) is -0.0356. The minimum Gasteiger partial charge on any atom is -0.383 e. The first kappa shape index (κ1) is 15.8. The predicted molar refractivity (Wildman–Crippen MR) is 71.4 cm³/mol. The van der Waals surface area contributed by atoms with Gasteiger partial charge < -0.3 is 10.5 Å². The molecule has 108 valence electrons. The summed E-state index contributed by atoms with van der Waals surface area (Å²) in [6.45, 7) is 3.09. The van der Waals surface area contributed by atoms with Crippen LogP contribution >= 0.6 is 0 Å². The molecule has 7 heteroatoms. The molecule has 4 N–H and O–H groups in total. The van der Waals surface area contributed by atoms with Crippen molar-refractivity contribution in [3.63, 3.8) is 0 Å². The molecule has 0 aliphatic heterocycles. The fourth-order valence-corrected chi connectivity index (χ4v) is 3.84. The van der Waals surface area contributed by atoms with E-state index in [4.69, 9.17) is 10.5 Å². The van der Waals surface area contributed by atoms with Crippen molar-refractivity contribution in [2.45, 2.75) is 38.1 Å². The van der Waals surface area contributed by atoms with Crippen molar-refractivity contribution in [1.82, 2.24) is 9.44 Å². The smallest absolute Gasteiger partial charge is 0.277 e. The van der Waals surface area contributed by atoms with Crippen LogP contribution in [0.4, 0.5) is 0 Å². The van der Waals surface area contributed by atoms with Crippen molar-refractivity contribution >= 4 is 10.2 Å². The van der Waals surface area contributed by atoms with Crippen molar-refractivity contribution in [2.75, 3.05) is 26.8 Å². The Morgan fingerprint density at radius 1 is 1.50 bits per heavy atom. The van der Waals surface area contributed by atoms with Crippen LogP contribution in [0.1, 0.15) is 32.6 Å². The van der Waals surface area contributed by atoms with Gasteiger partial charge in [0.05, 0.1) is 6.61 Å². The van der Waals surface area contributed by atoms with Crippen LogP contribution in [0.25, 0.3) is 0 Å². The summed E-state index contributed by atoms with van der Waals surface area (Å²) in [5.41, 5.74) is 5.29. The first-order valence-electron chi connectivity index (χ1n) is 6.40. The van der Waals surface area contributed by atoms with Crippen LogP contribution in [0.5, 0.6) is 0 Å². The average molecular weight is 279 g/mol. The molecule has 6 nitrogen and oxygen atoms in total. The zero-order valence-corrected chi connectivity index (χ0v) is 12.1. The monoisotopic (exact) mass is 279 g/mol. The fourth-order valence-electron chi connectivity index (χ4n) is 2.58. The van der Waals surface area contributed by atoms with Gasteiger partial charge in [0, 0.05) is 25.7 Å². The topological polar surface area (TPSA) is 93.4 Å². The molecule has 0 aromatic heterocycles. The molecular formula is C11H25N3O3S. The number of rotatable bonds is 7. The van der Waals surface area contributed by atoms with E-state index >= 15 is 0 Å². The summed E-state index contributed by atoms with van der Waals surface area (Å²) >= 11 is 0. The quantitative estimate of drug-likeness (QED) is 0.570. The molecule has 0 spiro atoms. The van der Waals surface area contributed by atoms with Crippen LogP contribution < -0.4 is 15.2 Å². The van der Waals surface area contributed by atoms with E-state index in [1.165, 1.54) is 7.11 Å². The van der Waals surface area contributed by atoms with Crippen LogP contribution in [0, 0.1) is 5.92 Å². The molecule has 1 rings (SSSR count). The van der Waals surface area contributed by atoms with Gasteiger partial charge in [0.2, 0.25) is 0 Å². The van der Waals surface area contributed by atoms with E-state index in [0.717, 1.165) is 25.7 Å². The SMILES string of the molecule is COCCNS(=O)(=O)NC1(CN)CCCC(C)C1. The van der Waals surface area contributed by atoms with Crippen LogP contribution in [-0.2, 0) is 14.9 Å². The van der Waals surface area contributed by atoms with E-state index in [1.807, 2.05) is 0 Å². The number of nitrogens with two attached hydrogens (primary N) is 1. The maximum Gasteiger partial charge on any atom is 0.277 e. The summed E-state index contributed by atoms with van der Waals surface area (Å²) in [6.07, 6.45) is 3.76. The highest BCUT2D eigenvalue weighted by Gasteiger charge is 2.37. The fraction of sp³-hybridized carbons (Fsp3) is 1.00. The van der Waals surface area contributed by atoms with Crippen LogP contribution in [0.2, 0.25) is 0 Å². The summed E-state index contributed by atoms with van der Waals surface area (Å²) in [5, 5.41) is 0. The van der Waals surface area contributed by atoms with Gasteiger partial charge in [0.1, 0.15) is 0 Å². The summed E-state index contributed by atoms with van der Waals surface area (Å²) < 4.78 is 33.8. The van der Waals surface area contributed by atoms with Crippen molar-refractivity contribution in [2.24, 2.45) is 11.7 Å². The molecule has 0 saturated heterocycles. The maximum atomic E-state index is 11.9. The summed E-state index contributed by atoms with van der Waals surface area (Å²) in [6, 6.07) is 0. The third-order valence-electron chi connectivity index (χ3n) is 3.43. The number of methoxy groups -OCH3 is 1. The van der Waals surface area contributed by atoms with Gasteiger partial charge in [-0.2, -0.15) is 17.9 Å². The zero-order valence-electron chi connectivity index (χ0n) is 11.2. The van der Waals surface area contributed by atoms with Gasteiger partial charge in [-0.1, -0.05) is 19.8 Å². The molecule has 18 heavy (non-hydrogen) atoms. The third-order valence-corrected chi connectivity index (χ3v) is 4.72. The van der Waals surface area contributed by atoms with Gasteiger partial charge in [0.15, 0.2) is 0 Å². The normalized spacial score (nSPS) is 29.4. The Labute approximate surface area is 110 Å². The van der Waals surface area contributed by atoms with E-state index in [2.05, 4.69) is 16.4 Å². The maximum absolute atomic E-state index is 11.9. The van der Waals surface area contributed by atoms with Gasteiger partial charge in [-0.05, 0) is 18.8 Å². The lowest BCUT2D eigenvalue weighted by Gasteiger charge is -2.39. The highest BCUT2D eigenvalue weighted by Crippen LogP contribution is 2.31. The Bertz CT molecular complexity index is 347. The molecule has 1 aliphatic rings. The Kier molecular flexibility index (Phi) is 6.00. The largest absolute Gasteiger partial charge is 0.383 e. The summed E-state index contributed by atoms with van der Waals surface area (Å²) in [7, 11) is -1.97. The first-order chi connectivity index (χ1) is 8.43. The van der Waals surface area contributed by atoms with Gasteiger partial charge >= 0.3 is 0 Å². The molecule has 1 saturated carbocycles. The second-order valence-electron chi connectivity index (χ2n) is 5.18. The molecule has 0 amide bonds. The Morgan fingerprint density at radius 2 is 2.22 bits per heavy atom. The summed E-state index contributed by atoms with van der Waals surface area (Å²) in [5.74, 6) is 0.504. The molecular weight excluding hydrogens is 254 g/mol. The van der Waals surface area contributed by atoms with E-state index in [0.29, 0.717) is 19.1 Å². The van der Waals surface area contributed by atoms with Crippen molar-refractivity contribution in [1.29, 1.82) is 0 Å². The number of ether oxygens (including phenoxy) is 1. The standard InChI is InChI=1S/C11H25N3O3S/c1-10-4-3-5-11(8-10,9-12)14-18(15,16)13-6-7-17-2/h10,13-14H,3-9,12H2,1-2H3. The minimum absolute atomic E-state index is 0.266. The average Bonchev–Trinajstić information content (AvgIpc) is 2.28. The lowest BCUT2D eigenvalue weighted by molar-refractivity contribution is 0.202. The van der Waals surface area contributed by atoms with Gasteiger partial charge in [-0.15, -0.1) is 0 Å². The van der Waals surface area contributed by atoms with Crippen LogP contribution in [-0.4, -0.2) is 40.8 Å². The van der Waals surface area contributed by atoms with Gasteiger partial charge in [-0.3, -0.25) is 0 Å². The van der Waals surface area contributed by atoms with E-state index in [1.54, 1.807) is 0 Å². The van der Waals surface area contributed by atoms with Crippen molar-refractivity contribution in [3.05, 3.63) is 0 Å². The molecule has 0 aromatic carbocycles. The molecule has 0 radical (unpaired) electrons. The van der Waals surface area contributed by atoms with Crippen molar-refractivity contribution < 1.29 is 13.2 Å². The van der Waals surface area contributed by atoms with Gasteiger partial charge in [-0.25, -0.2) is 0 Å². The molecule has 0 heterocycles. The lowest BCUT2D eigenvalue weighted by atomic mass is 9.77. The Balaban J connectivity index is 2.61. The minimum atomic E-state index is -3.51. The second kappa shape index (κ2) is 6.81. The molecule has 1 aliphatic carbocycles. The number of hydrogen-bond acceptors (Lipinski definition) is 4. The van der Waals surface area contributed by atoms with E-state index in [9.17, 15) is 8.42 Å². The molecule has 2 atom stereocenters. The third kappa shape index (κ3) is 4.81. The second-order valence-corrected chi connectivity index (χ2v) is 6.68. The van der Waals surface area contributed by atoms with E-state index in [-0.39, 0.29) is 6.54 Å². The lowest BCUT2D eigenvalue weighted by Crippen LogP contribution is -2.58. The summed E-state index contributed by atoms with van der Waals surface area (Å²) in [4.78, 5) is 0. The molecule has 2 unspecified atom stereocenters. The molecule has 0 aromatic rings. The van der Waals surface area contributed by atoms with Crippen molar-refractivity contribution in [3.8, 4) is 0 Å². The zero-order chi connectivity index (χ0) is 13.6. The number of hydrogen-bond donors (Lipinski definition) is 3. The highest BCUT2D eigenvalue weighted by molar-refractivity contribution is 7.87. The Morgan fingerprint density at radius 3 is 2.78 bits per heavy atom. The van der Waals surface area contributed by atoms with Crippen LogP contribution in [0.15, 0.2) is 0 Å². The van der Waals surface area contributed by atoms with E-state index < -0.39 is 15.7 Å². The highest BCUT2D eigenvalue weighted by atomic mass is 32.2. The first-order valence-corrected chi connectivity index (χ1v) is 7.89. The molecule has 0 bridgehead atoms. The molecule has 1 fully saturated rings.